The quantitative estimate of drug-likeness (QED) is 0.744. The van der Waals surface area contributed by atoms with Gasteiger partial charge in [0, 0.05) is 18.4 Å². The average molecular weight is 306 g/mol. The molecule has 1 atom stereocenters. The minimum absolute atomic E-state index is 0.0620. The van der Waals surface area contributed by atoms with Crippen LogP contribution in [-0.4, -0.2) is 45.5 Å². The number of nitrogens with zero attached hydrogens (tertiary/aromatic N) is 8. The first-order chi connectivity index (χ1) is 10.2. The van der Waals surface area contributed by atoms with Crippen LogP contribution in [0.15, 0.2) is 31.1 Å². The van der Waals surface area contributed by atoms with Crippen molar-refractivity contribution in [3.05, 3.63) is 36.4 Å². The summed E-state index contributed by atoms with van der Waals surface area (Å²) in [4.78, 5) is 16.2. The van der Waals surface area contributed by atoms with Gasteiger partial charge in [-0.3, -0.25) is 4.68 Å². The van der Waals surface area contributed by atoms with Gasteiger partial charge in [0.05, 0.1) is 6.54 Å². The fourth-order valence-corrected chi connectivity index (χ4v) is 1.93. The van der Waals surface area contributed by atoms with E-state index >= 15 is 0 Å². The summed E-state index contributed by atoms with van der Waals surface area (Å²) < 4.78 is 3.23. The van der Waals surface area contributed by atoms with E-state index < -0.39 is 0 Å². The number of aromatic nitrogens is 8. The van der Waals surface area contributed by atoms with E-state index in [9.17, 15) is 0 Å². The van der Waals surface area contributed by atoms with Gasteiger partial charge in [0.15, 0.2) is 0 Å². The molecule has 108 valence electrons. The molecule has 0 fully saturated rings. The minimum Gasteiger partial charge on any atom is -0.350 e. The molecule has 10 heteroatoms. The molecule has 3 heterocycles. The third-order valence-electron chi connectivity index (χ3n) is 2.62. The fourth-order valence-electron chi connectivity index (χ4n) is 1.77. The molecule has 1 N–H and O–H groups in total. The Hall–Kier alpha value is -2.55. The molecule has 0 bridgehead atoms. The molecule has 3 rings (SSSR count). The van der Waals surface area contributed by atoms with Crippen molar-refractivity contribution in [3.63, 3.8) is 0 Å². The van der Waals surface area contributed by atoms with E-state index in [2.05, 4.69) is 35.5 Å². The molecule has 0 amide bonds. The number of halogens is 1. The van der Waals surface area contributed by atoms with Crippen LogP contribution in [-0.2, 0) is 6.54 Å². The first-order valence-corrected chi connectivity index (χ1v) is 6.59. The van der Waals surface area contributed by atoms with Crippen molar-refractivity contribution in [2.75, 3.05) is 5.32 Å². The SMILES string of the molecule is CC(Cn1cccn1)Nc1nc(Cl)nc(-n2cncn2)n1. The summed E-state index contributed by atoms with van der Waals surface area (Å²) >= 11 is 5.91. The van der Waals surface area contributed by atoms with E-state index in [4.69, 9.17) is 11.6 Å². The first-order valence-electron chi connectivity index (χ1n) is 6.21. The van der Waals surface area contributed by atoms with Crippen molar-refractivity contribution < 1.29 is 0 Å². The second kappa shape index (κ2) is 5.83. The monoisotopic (exact) mass is 305 g/mol. The average Bonchev–Trinajstić information content (AvgIpc) is 3.10. The van der Waals surface area contributed by atoms with Crippen molar-refractivity contribution in [2.24, 2.45) is 0 Å². The minimum atomic E-state index is 0.0620. The van der Waals surface area contributed by atoms with Gasteiger partial charge in [-0.2, -0.15) is 29.8 Å². The van der Waals surface area contributed by atoms with Crippen LogP contribution in [0.25, 0.3) is 5.95 Å². The maximum atomic E-state index is 5.91. The number of rotatable bonds is 5. The third kappa shape index (κ3) is 3.31. The van der Waals surface area contributed by atoms with Gasteiger partial charge in [-0.15, -0.1) is 0 Å². The normalized spacial score (nSPS) is 12.3. The second-order valence-corrected chi connectivity index (χ2v) is 4.68. The Labute approximate surface area is 125 Å². The second-order valence-electron chi connectivity index (χ2n) is 4.34. The van der Waals surface area contributed by atoms with E-state index in [1.54, 1.807) is 6.20 Å². The smallest absolute Gasteiger partial charge is 0.258 e. The predicted molar refractivity (Wildman–Crippen MR) is 75.1 cm³/mol. The van der Waals surface area contributed by atoms with E-state index in [1.165, 1.54) is 17.3 Å². The number of anilines is 1. The number of hydrogen-bond donors (Lipinski definition) is 1. The van der Waals surface area contributed by atoms with Gasteiger partial charge >= 0.3 is 0 Å². The molecule has 21 heavy (non-hydrogen) atoms. The lowest BCUT2D eigenvalue weighted by atomic mass is 10.3. The summed E-state index contributed by atoms with van der Waals surface area (Å²) in [6.45, 7) is 2.67. The lowest BCUT2D eigenvalue weighted by molar-refractivity contribution is 0.557. The summed E-state index contributed by atoms with van der Waals surface area (Å²) in [5.74, 6) is 0.682. The lowest BCUT2D eigenvalue weighted by Gasteiger charge is -2.14. The molecule has 0 aliphatic carbocycles. The molecule has 0 aromatic carbocycles. The van der Waals surface area contributed by atoms with Crippen molar-refractivity contribution in [1.82, 2.24) is 39.5 Å². The Bertz CT molecular complexity index is 695. The van der Waals surface area contributed by atoms with Crippen LogP contribution in [0, 0.1) is 0 Å². The molecule has 0 spiro atoms. The largest absolute Gasteiger partial charge is 0.350 e. The van der Waals surface area contributed by atoms with Crippen molar-refractivity contribution >= 4 is 17.5 Å². The molecular formula is C11H12ClN9. The van der Waals surface area contributed by atoms with E-state index in [-0.39, 0.29) is 11.3 Å². The Morgan fingerprint density at radius 2 is 2.19 bits per heavy atom. The third-order valence-corrected chi connectivity index (χ3v) is 2.78. The highest BCUT2D eigenvalue weighted by Crippen LogP contribution is 2.10. The summed E-state index contributed by atoms with van der Waals surface area (Å²) in [5.41, 5.74) is 0. The highest BCUT2D eigenvalue weighted by Gasteiger charge is 2.10. The summed E-state index contributed by atoms with van der Waals surface area (Å²) in [6, 6.07) is 1.93. The van der Waals surface area contributed by atoms with Crippen LogP contribution in [0.5, 0.6) is 0 Å². The molecule has 0 aliphatic heterocycles. The zero-order chi connectivity index (χ0) is 14.7. The fraction of sp³-hybridized carbons (Fsp3) is 0.273. The summed E-state index contributed by atoms with van der Waals surface area (Å²) in [6.07, 6.45) is 6.50. The summed E-state index contributed by atoms with van der Waals surface area (Å²) in [5, 5.41) is 11.4. The maximum absolute atomic E-state index is 5.91. The lowest BCUT2D eigenvalue weighted by Crippen LogP contribution is -2.24. The van der Waals surface area contributed by atoms with Crippen LogP contribution < -0.4 is 5.32 Å². The highest BCUT2D eigenvalue weighted by atomic mass is 35.5. The molecule has 1 unspecified atom stereocenters. The molecule has 0 aliphatic rings. The molecule has 0 radical (unpaired) electrons. The van der Waals surface area contributed by atoms with Gasteiger partial charge in [-0.25, -0.2) is 4.98 Å². The first kappa shape index (κ1) is 13.4. The van der Waals surface area contributed by atoms with E-state index in [1.807, 2.05) is 23.9 Å². The van der Waals surface area contributed by atoms with Crippen molar-refractivity contribution in [1.29, 1.82) is 0 Å². The van der Waals surface area contributed by atoms with Crippen LogP contribution >= 0.6 is 11.6 Å². The van der Waals surface area contributed by atoms with Crippen LogP contribution in [0.2, 0.25) is 5.28 Å². The maximum Gasteiger partial charge on any atom is 0.258 e. The van der Waals surface area contributed by atoms with Gasteiger partial charge in [-0.05, 0) is 24.6 Å². The molecule has 3 aromatic heterocycles. The Balaban J connectivity index is 1.76. The highest BCUT2D eigenvalue weighted by molar-refractivity contribution is 6.28. The Kier molecular flexibility index (Phi) is 3.73. The van der Waals surface area contributed by atoms with Gasteiger partial charge in [0.1, 0.15) is 12.7 Å². The molecule has 0 saturated heterocycles. The van der Waals surface area contributed by atoms with Crippen molar-refractivity contribution in [2.45, 2.75) is 19.5 Å². The molecule has 9 nitrogen and oxygen atoms in total. The van der Waals surface area contributed by atoms with Crippen LogP contribution in [0.3, 0.4) is 0 Å². The van der Waals surface area contributed by atoms with Crippen molar-refractivity contribution in [3.8, 4) is 5.95 Å². The standard InChI is InChI=1S/C11H12ClN9/c1-8(5-20-4-2-3-14-20)16-10-17-9(12)18-11(19-10)21-7-13-6-15-21/h2-4,6-8H,5H2,1H3,(H,16,17,18,19). The zero-order valence-corrected chi connectivity index (χ0v) is 11.9. The van der Waals surface area contributed by atoms with Gasteiger partial charge in [-0.1, -0.05) is 0 Å². The van der Waals surface area contributed by atoms with E-state index in [0.29, 0.717) is 18.4 Å². The van der Waals surface area contributed by atoms with Gasteiger partial charge in [0.25, 0.3) is 5.95 Å². The zero-order valence-electron chi connectivity index (χ0n) is 11.1. The van der Waals surface area contributed by atoms with Gasteiger partial charge < -0.3 is 5.32 Å². The molecule has 0 saturated carbocycles. The number of hydrogen-bond acceptors (Lipinski definition) is 7. The van der Waals surface area contributed by atoms with Crippen LogP contribution in [0.4, 0.5) is 5.95 Å². The predicted octanol–water partition coefficient (Wildman–Crippen LogP) is 0.803. The summed E-state index contributed by atoms with van der Waals surface area (Å²) in [7, 11) is 0. The Morgan fingerprint density at radius 3 is 2.90 bits per heavy atom. The topological polar surface area (TPSA) is 99.2 Å². The van der Waals surface area contributed by atoms with Gasteiger partial charge in [0.2, 0.25) is 11.2 Å². The molecular weight excluding hydrogens is 294 g/mol. The Morgan fingerprint density at radius 1 is 1.29 bits per heavy atom. The van der Waals surface area contributed by atoms with E-state index in [0.717, 1.165) is 0 Å². The van der Waals surface area contributed by atoms with Crippen LogP contribution in [0.1, 0.15) is 6.92 Å². The number of nitrogens with one attached hydrogen (secondary N) is 1. The molecule has 3 aromatic rings.